The molecular formula is C24H32N4O2S. The Morgan fingerprint density at radius 3 is 2.61 bits per heavy atom. The second-order valence-electron chi connectivity index (χ2n) is 7.89. The number of ether oxygens (including phenoxy) is 1. The van der Waals surface area contributed by atoms with Gasteiger partial charge in [-0.05, 0) is 63.6 Å². The lowest BCUT2D eigenvalue weighted by Gasteiger charge is -2.35. The van der Waals surface area contributed by atoms with Crippen LogP contribution in [0.5, 0.6) is 5.75 Å². The molecule has 1 aliphatic heterocycles. The lowest BCUT2D eigenvalue weighted by atomic mass is 10.2. The zero-order chi connectivity index (χ0) is 22.2. The van der Waals surface area contributed by atoms with Crippen LogP contribution < -0.4 is 15.0 Å². The predicted octanol–water partition coefficient (Wildman–Crippen LogP) is 3.65. The molecule has 1 heterocycles. The van der Waals surface area contributed by atoms with Crippen LogP contribution in [0.2, 0.25) is 0 Å². The summed E-state index contributed by atoms with van der Waals surface area (Å²) in [4.78, 5) is 20.6. The van der Waals surface area contributed by atoms with Crippen LogP contribution in [0.3, 0.4) is 0 Å². The summed E-state index contributed by atoms with van der Waals surface area (Å²) in [7, 11) is 6.27. The molecule has 0 radical (unpaired) electrons. The van der Waals surface area contributed by atoms with E-state index in [1.807, 2.05) is 24.3 Å². The molecule has 1 amide bonds. The van der Waals surface area contributed by atoms with E-state index >= 15 is 0 Å². The van der Waals surface area contributed by atoms with Crippen LogP contribution in [0.4, 0.5) is 11.4 Å². The number of nitrogens with zero attached hydrogens (tertiary/aromatic N) is 3. The normalized spacial score (nSPS) is 14.5. The molecule has 0 bridgehead atoms. The summed E-state index contributed by atoms with van der Waals surface area (Å²) in [6.07, 6.45) is 1.27. The van der Waals surface area contributed by atoms with Gasteiger partial charge in [-0.3, -0.25) is 4.79 Å². The zero-order valence-electron chi connectivity index (χ0n) is 18.6. The summed E-state index contributed by atoms with van der Waals surface area (Å²) in [5.41, 5.74) is 1.91. The first kappa shape index (κ1) is 23.2. The Bertz CT molecular complexity index is 895. The highest BCUT2D eigenvalue weighted by Crippen LogP contribution is 2.37. The highest BCUT2D eigenvalue weighted by Gasteiger charge is 2.18. The zero-order valence-corrected chi connectivity index (χ0v) is 19.5. The lowest BCUT2D eigenvalue weighted by Crippen LogP contribution is -2.44. The van der Waals surface area contributed by atoms with Gasteiger partial charge < -0.3 is 24.8 Å². The van der Waals surface area contributed by atoms with Gasteiger partial charge in [-0.1, -0.05) is 24.4 Å². The molecule has 1 fully saturated rings. The molecule has 0 spiro atoms. The summed E-state index contributed by atoms with van der Waals surface area (Å²) in [6.45, 7) is 9.11. The number of likely N-dealkylation sites (N-methyl/N-ethyl adjacent to an activating group) is 2. The van der Waals surface area contributed by atoms with Crippen molar-refractivity contribution in [3.05, 3.63) is 55.1 Å². The number of hydrogen-bond donors (Lipinski definition) is 1. The summed E-state index contributed by atoms with van der Waals surface area (Å²) >= 11 is 1.65. The molecule has 0 atom stereocenters. The van der Waals surface area contributed by atoms with Crippen LogP contribution >= 0.6 is 11.8 Å². The Labute approximate surface area is 189 Å². The molecule has 0 aromatic heterocycles. The largest absolute Gasteiger partial charge is 0.490 e. The fourth-order valence-corrected chi connectivity index (χ4v) is 4.19. The summed E-state index contributed by atoms with van der Waals surface area (Å²) < 4.78 is 6.22. The molecule has 31 heavy (non-hydrogen) atoms. The number of anilines is 2. The summed E-state index contributed by atoms with van der Waals surface area (Å²) in [6, 6.07) is 14.3. The van der Waals surface area contributed by atoms with Gasteiger partial charge in [-0.2, -0.15) is 0 Å². The number of piperazine rings is 1. The highest BCUT2D eigenvalue weighted by atomic mass is 32.2. The molecule has 1 saturated heterocycles. The van der Waals surface area contributed by atoms with Crippen LogP contribution in [0.15, 0.2) is 64.9 Å². The maximum Gasteiger partial charge on any atom is 0.247 e. The van der Waals surface area contributed by atoms with Gasteiger partial charge in [0.15, 0.2) is 0 Å². The molecule has 3 rings (SSSR count). The quantitative estimate of drug-likeness (QED) is 0.601. The van der Waals surface area contributed by atoms with E-state index in [4.69, 9.17) is 4.74 Å². The number of carbonyl (C=O) groups excluding carboxylic acids is 1. The van der Waals surface area contributed by atoms with Crippen LogP contribution in [-0.4, -0.2) is 76.2 Å². The molecule has 0 unspecified atom stereocenters. The van der Waals surface area contributed by atoms with Crippen LogP contribution in [0.25, 0.3) is 0 Å². The predicted molar refractivity (Wildman–Crippen MR) is 130 cm³/mol. The van der Waals surface area contributed by atoms with E-state index in [1.165, 1.54) is 6.08 Å². The molecule has 0 aliphatic carbocycles. The van der Waals surface area contributed by atoms with E-state index in [1.54, 1.807) is 11.8 Å². The number of nitrogens with one attached hydrogen (secondary N) is 1. The van der Waals surface area contributed by atoms with Gasteiger partial charge >= 0.3 is 0 Å². The number of benzene rings is 2. The average Bonchev–Trinajstić information content (AvgIpc) is 2.75. The van der Waals surface area contributed by atoms with Gasteiger partial charge in [-0.25, -0.2) is 0 Å². The third-order valence-electron chi connectivity index (χ3n) is 5.09. The van der Waals surface area contributed by atoms with Crippen molar-refractivity contribution in [1.29, 1.82) is 0 Å². The van der Waals surface area contributed by atoms with Crippen molar-refractivity contribution in [2.45, 2.75) is 9.79 Å². The molecule has 0 saturated carbocycles. The van der Waals surface area contributed by atoms with Gasteiger partial charge in [0, 0.05) is 48.2 Å². The molecule has 1 N–H and O–H groups in total. The second kappa shape index (κ2) is 11.2. The molecule has 7 heteroatoms. The second-order valence-corrected chi connectivity index (χ2v) is 9.04. The first-order chi connectivity index (χ1) is 14.9. The fourth-order valence-electron chi connectivity index (χ4n) is 3.29. The minimum Gasteiger partial charge on any atom is -0.490 e. The SMILES string of the molecule is C=CC(=O)Nc1cccc(Sc2ccc(N3CCN(C)CC3)c(OCCN(C)C)c2)c1. The third kappa shape index (κ3) is 7.02. The van der Waals surface area contributed by atoms with E-state index < -0.39 is 0 Å². The Hall–Kier alpha value is -2.48. The highest BCUT2D eigenvalue weighted by molar-refractivity contribution is 7.99. The number of amides is 1. The molecule has 2 aromatic carbocycles. The Kier molecular flexibility index (Phi) is 8.40. The van der Waals surface area contributed by atoms with Crippen LogP contribution in [0.1, 0.15) is 0 Å². The van der Waals surface area contributed by atoms with Crippen molar-refractivity contribution in [1.82, 2.24) is 9.80 Å². The average molecular weight is 441 g/mol. The van der Waals surface area contributed by atoms with Gasteiger partial charge in [0.25, 0.3) is 0 Å². The first-order valence-corrected chi connectivity index (χ1v) is 11.3. The maximum absolute atomic E-state index is 11.6. The van der Waals surface area contributed by atoms with Gasteiger partial charge in [-0.15, -0.1) is 0 Å². The standard InChI is InChI=1S/C24H32N4O2S/c1-5-24(29)25-19-7-6-8-20(17-19)31-21-9-10-22(28-13-11-27(4)12-14-28)23(18-21)30-16-15-26(2)3/h5-10,17-18H,1,11-16H2,2-4H3,(H,25,29). The Balaban J connectivity index is 1.78. The van der Waals surface area contributed by atoms with Crippen LogP contribution in [-0.2, 0) is 4.79 Å². The maximum atomic E-state index is 11.6. The minimum absolute atomic E-state index is 0.213. The van der Waals surface area contributed by atoms with Gasteiger partial charge in [0.05, 0.1) is 5.69 Å². The third-order valence-corrected chi connectivity index (χ3v) is 6.07. The molecule has 2 aromatic rings. The number of hydrogen-bond acceptors (Lipinski definition) is 6. The van der Waals surface area contributed by atoms with Crippen molar-refractivity contribution < 1.29 is 9.53 Å². The van der Waals surface area contributed by atoms with Crippen LogP contribution in [0, 0.1) is 0 Å². The van der Waals surface area contributed by atoms with E-state index in [2.05, 4.69) is 65.9 Å². The van der Waals surface area contributed by atoms with E-state index in [-0.39, 0.29) is 5.91 Å². The number of carbonyl (C=O) groups is 1. The molecule has 1 aliphatic rings. The minimum atomic E-state index is -0.213. The van der Waals surface area contributed by atoms with E-state index in [9.17, 15) is 4.79 Å². The lowest BCUT2D eigenvalue weighted by molar-refractivity contribution is -0.111. The van der Waals surface area contributed by atoms with Gasteiger partial charge in [0.1, 0.15) is 12.4 Å². The fraction of sp³-hybridized carbons (Fsp3) is 0.375. The van der Waals surface area contributed by atoms with E-state index in [0.717, 1.165) is 59.6 Å². The van der Waals surface area contributed by atoms with Crippen molar-refractivity contribution in [2.75, 3.05) is 70.7 Å². The number of rotatable bonds is 9. The van der Waals surface area contributed by atoms with E-state index in [0.29, 0.717) is 6.61 Å². The molecule has 6 nitrogen and oxygen atoms in total. The van der Waals surface area contributed by atoms with Gasteiger partial charge in [0.2, 0.25) is 5.91 Å². The summed E-state index contributed by atoms with van der Waals surface area (Å²) in [5.74, 6) is 0.711. The smallest absolute Gasteiger partial charge is 0.247 e. The molecule has 166 valence electrons. The van der Waals surface area contributed by atoms with Crippen molar-refractivity contribution in [2.24, 2.45) is 0 Å². The topological polar surface area (TPSA) is 48.1 Å². The van der Waals surface area contributed by atoms with Crippen molar-refractivity contribution in [3.63, 3.8) is 0 Å². The van der Waals surface area contributed by atoms with Crippen molar-refractivity contribution >= 4 is 29.0 Å². The summed E-state index contributed by atoms with van der Waals surface area (Å²) in [5, 5.41) is 2.81. The first-order valence-electron chi connectivity index (χ1n) is 10.5. The Morgan fingerprint density at radius 1 is 1.16 bits per heavy atom. The molecular weight excluding hydrogens is 408 g/mol. The Morgan fingerprint density at radius 2 is 1.90 bits per heavy atom. The van der Waals surface area contributed by atoms with Crippen molar-refractivity contribution in [3.8, 4) is 5.75 Å². The monoisotopic (exact) mass is 440 g/mol.